The Hall–Kier alpha value is -2.23. The first-order valence-electron chi connectivity index (χ1n) is 4.75. The first kappa shape index (κ1) is 11.8. The number of hydrogen-bond acceptors (Lipinski definition) is 3. The molecule has 4 heteroatoms. The molecule has 0 spiro atoms. The van der Waals surface area contributed by atoms with Gasteiger partial charge in [0.2, 0.25) is 0 Å². The highest BCUT2D eigenvalue weighted by Gasteiger charge is 2.01. The highest BCUT2D eigenvalue weighted by atomic mass is 16.3. The van der Waals surface area contributed by atoms with Crippen LogP contribution in [-0.4, -0.2) is 5.91 Å². The fraction of sp³-hybridized carbons (Fsp3) is 0.0833. The number of anilines is 1. The third kappa shape index (κ3) is 3.49. The van der Waals surface area contributed by atoms with Crippen LogP contribution in [0.4, 0.5) is 5.69 Å². The number of nitrogens with two attached hydrogens (primary N) is 2. The molecule has 0 bridgehead atoms. The minimum absolute atomic E-state index is 0.377. The number of aryl methyl sites for hydroxylation is 1. The molecule has 2 rings (SSSR count). The van der Waals surface area contributed by atoms with Gasteiger partial charge in [0.25, 0.3) is 5.91 Å². The van der Waals surface area contributed by atoms with E-state index in [2.05, 4.69) is 0 Å². The first-order chi connectivity index (χ1) is 7.61. The number of amides is 1. The third-order valence-corrected chi connectivity index (χ3v) is 1.89. The van der Waals surface area contributed by atoms with Crippen LogP contribution < -0.4 is 11.5 Å². The number of para-hydroxylation sites is 1. The number of hydrogen-bond donors (Lipinski definition) is 2. The Morgan fingerprint density at radius 1 is 1.19 bits per heavy atom. The van der Waals surface area contributed by atoms with Gasteiger partial charge >= 0.3 is 0 Å². The molecule has 0 fully saturated rings. The molecular formula is C12H14N2O2. The molecule has 4 nitrogen and oxygen atoms in total. The van der Waals surface area contributed by atoms with Crippen LogP contribution in [-0.2, 0) is 0 Å². The SMILES string of the molecule is Cc1ccco1.NC(=O)c1ccccc1N. The van der Waals surface area contributed by atoms with Gasteiger partial charge in [0.15, 0.2) is 0 Å². The molecule has 1 aromatic carbocycles. The van der Waals surface area contributed by atoms with E-state index in [0.29, 0.717) is 11.3 Å². The summed E-state index contributed by atoms with van der Waals surface area (Å²) < 4.78 is 4.83. The molecule has 0 radical (unpaired) electrons. The Labute approximate surface area is 93.9 Å². The van der Waals surface area contributed by atoms with E-state index in [0.717, 1.165) is 5.76 Å². The lowest BCUT2D eigenvalue weighted by molar-refractivity contribution is 0.100. The molecule has 1 amide bonds. The molecule has 0 aliphatic rings. The van der Waals surface area contributed by atoms with Crippen molar-refractivity contribution < 1.29 is 9.21 Å². The Bertz CT molecular complexity index is 450. The molecule has 1 heterocycles. The van der Waals surface area contributed by atoms with Gasteiger partial charge in [-0.3, -0.25) is 4.79 Å². The van der Waals surface area contributed by atoms with Gasteiger partial charge in [0, 0.05) is 5.69 Å². The van der Waals surface area contributed by atoms with Crippen LogP contribution in [0.1, 0.15) is 16.1 Å². The van der Waals surface area contributed by atoms with Gasteiger partial charge < -0.3 is 15.9 Å². The van der Waals surface area contributed by atoms with Crippen LogP contribution in [0.15, 0.2) is 47.1 Å². The summed E-state index contributed by atoms with van der Waals surface area (Å²) in [5.41, 5.74) is 11.2. The van der Waals surface area contributed by atoms with E-state index in [-0.39, 0.29) is 0 Å². The minimum Gasteiger partial charge on any atom is -0.470 e. The summed E-state index contributed by atoms with van der Waals surface area (Å²) in [6.07, 6.45) is 1.66. The van der Waals surface area contributed by atoms with E-state index in [9.17, 15) is 4.79 Å². The Morgan fingerprint density at radius 3 is 2.19 bits per heavy atom. The molecule has 0 saturated heterocycles. The third-order valence-electron chi connectivity index (χ3n) is 1.89. The summed E-state index contributed by atoms with van der Waals surface area (Å²) in [5, 5.41) is 0. The predicted molar refractivity (Wildman–Crippen MR) is 62.8 cm³/mol. The van der Waals surface area contributed by atoms with Gasteiger partial charge in [-0.2, -0.15) is 0 Å². The second-order valence-corrected chi connectivity index (χ2v) is 3.18. The lowest BCUT2D eigenvalue weighted by Gasteiger charge is -1.97. The molecule has 0 atom stereocenters. The van der Waals surface area contributed by atoms with E-state index < -0.39 is 5.91 Å². The summed E-state index contributed by atoms with van der Waals surface area (Å²) in [6.45, 7) is 1.92. The average molecular weight is 218 g/mol. The second-order valence-electron chi connectivity index (χ2n) is 3.18. The lowest BCUT2D eigenvalue weighted by atomic mass is 10.2. The number of furan rings is 1. The molecule has 0 aliphatic heterocycles. The van der Waals surface area contributed by atoms with Crippen LogP contribution in [0.25, 0.3) is 0 Å². The largest absolute Gasteiger partial charge is 0.470 e. The van der Waals surface area contributed by atoms with Crippen LogP contribution in [0.5, 0.6) is 0 Å². The van der Waals surface area contributed by atoms with Crippen molar-refractivity contribution >= 4 is 11.6 Å². The molecule has 84 valence electrons. The van der Waals surface area contributed by atoms with E-state index >= 15 is 0 Å². The monoisotopic (exact) mass is 218 g/mol. The van der Waals surface area contributed by atoms with Gasteiger partial charge in [-0.25, -0.2) is 0 Å². The zero-order valence-corrected chi connectivity index (χ0v) is 9.01. The molecular weight excluding hydrogens is 204 g/mol. The highest BCUT2D eigenvalue weighted by Crippen LogP contribution is 2.08. The van der Waals surface area contributed by atoms with Crippen molar-refractivity contribution in [2.45, 2.75) is 6.92 Å². The van der Waals surface area contributed by atoms with Crippen molar-refractivity contribution in [1.82, 2.24) is 0 Å². The molecule has 16 heavy (non-hydrogen) atoms. The Morgan fingerprint density at radius 2 is 1.88 bits per heavy atom. The maximum Gasteiger partial charge on any atom is 0.250 e. The zero-order valence-electron chi connectivity index (χ0n) is 9.01. The number of rotatable bonds is 1. The van der Waals surface area contributed by atoms with E-state index in [4.69, 9.17) is 15.9 Å². The van der Waals surface area contributed by atoms with Gasteiger partial charge in [0.1, 0.15) is 5.76 Å². The topological polar surface area (TPSA) is 82.2 Å². The quantitative estimate of drug-likeness (QED) is 0.718. The Kier molecular flexibility index (Phi) is 4.15. The van der Waals surface area contributed by atoms with Crippen LogP contribution >= 0.6 is 0 Å². The summed E-state index contributed by atoms with van der Waals surface area (Å²) >= 11 is 0. The lowest BCUT2D eigenvalue weighted by Crippen LogP contribution is -2.12. The number of carbonyl (C=O) groups is 1. The van der Waals surface area contributed by atoms with Crippen molar-refractivity contribution in [2.24, 2.45) is 5.73 Å². The van der Waals surface area contributed by atoms with E-state index in [1.807, 2.05) is 19.1 Å². The van der Waals surface area contributed by atoms with Gasteiger partial charge in [-0.05, 0) is 31.2 Å². The van der Waals surface area contributed by atoms with Crippen molar-refractivity contribution in [3.63, 3.8) is 0 Å². The first-order valence-corrected chi connectivity index (χ1v) is 4.75. The minimum atomic E-state index is -0.488. The fourth-order valence-electron chi connectivity index (χ4n) is 1.08. The maximum atomic E-state index is 10.6. The molecule has 4 N–H and O–H groups in total. The summed E-state index contributed by atoms with van der Waals surface area (Å²) in [6, 6.07) is 10.5. The predicted octanol–water partition coefficient (Wildman–Crippen LogP) is 1.96. The summed E-state index contributed by atoms with van der Waals surface area (Å²) in [4.78, 5) is 10.6. The van der Waals surface area contributed by atoms with Crippen molar-refractivity contribution in [3.8, 4) is 0 Å². The molecule has 1 aromatic heterocycles. The van der Waals surface area contributed by atoms with Crippen molar-refractivity contribution in [3.05, 3.63) is 54.0 Å². The summed E-state index contributed by atoms with van der Waals surface area (Å²) in [7, 11) is 0. The van der Waals surface area contributed by atoms with Gasteiger partial charge in [-0.15, -0.1) is 0 Å². The van der Waals surface area contributed by atoms with Gasteiger partial charge in [-0.1, -0.05) is 12.1 Å². The summed E-state index contributed by atoms with van der Waals surface area (Å²) in [5.74, 6) is 0.480. The highest BCUT2D eigenvalue weighted by molar-refractivity contribution is 5.97. The fourth-order valence-corrected chi connectivity index (χ4v) is 1.08. The molecule has 0 aliphatic carbocycles. The maximum absolute atomic E-state index is 10.6. The zero-order chi connectivity index (χ0) is 12.0. The normalized spacial score (nSPS) is 9.06. The smallest absolute Gasteiger partial charge is 0.250 e. The van der Waals surface area contributed by atoms with E-state index in [1.54, 1.807) is 30.5 Å². The van der Waals surface area contributed by atoms with Crippen LogP contribution in [0, 0.1) is 6.92 Å². The Balaban J connectivity index is 0.000000181. The second kappa shape index (κ2) is 5.60. The number of nitrogen functional groups attached to an aromatic ring is 1. The molecule has 0 unspecified atom stereocenters. The number of primary amides is 1. The van der Waals surface area contributed by atoms with Crippen LogP contribution in [0.2, 0.25) is 0 Å². The number of benzene rings is 1. The number of carbonyl (C=O) groups excluding carboxylic acids is 1. The van der Waals surface area contributed by atoms with Crippen molar-refractivity contribution in [1.29, 1.82) is 0 Å². The standard InChI is InChI=1S/C7H8N2O.C5H6O/c8-6-4-2-1-3-5(6)7(9)10;1-5-3-2-4-6-5/h1-4H,8H2,(H2,9,10);2-4H,1H3. The average Bonchev–Trinajstić information content (AvgIpc) is 2.70. The molecule has 0 saturated carbocycles. The van der Waals surface area contributed by atoms with Crippen molar-refractivity contribution in [2.75, 3.05) is 5.73 Å². The van der Waals surface area contributed by atoms with E-state index in [1.165, 1.54) is 0 Å². The molecule has 2 aromatic rings. The van der Waals surface area contributed by atoms with Crippen LogP contribution in [0.3, 0.4) is 0 Å². The van der Waals surface area contributed by atoms with Gasteiger partial charge in [0.05, 0.1) is 11.8 Å².